The van der Waals surface area contributed by atoms with Crippen molar-refractivity contribution < 1.29 is 9.59 Å². The summed E-state index contributed by atoms with van der Waals surface area (Å²) < 4.78 is 1.60. The van der Waals surface area contributed by atoms with E-state index < -0.39 is 11.7 Å². The molecule has 0 saturated carbocycles. The molecule has 1 N–H and O–H groups in total. The lowest BCUT2D eigenvalue weighted by Crippen LogP contribution is -2.29. The smallest absolute Gasteiger partial charge is 0.296 e. The molecule has 0 bridgehead atoms. The summed E-state index contributed by atoms with van der Waals surface area (Å²) in [6, 6.07) is 5.37. The molecule has 1 saturated heterocycles. The molecule has 1 fully saturated rings. The Labute approximate surface area is 158 Å². The van der Waals surface area contributed by atoms with Gasteiger partial charge in [-0.1, -0.05) is 11.6 Å². The summed E-state index contributed by atoms with van der Waals surface area (Å²) in [5.41, 5.74) is 3.04. The molecule has 0 unspecified atom stereocenters. The molecule has 1 aromatic heterocycles. The summed E-state index contributed by atoms with van der Waals surface area (Å²) in [6.07, 6.45) is 3.57. The van der Waals surface area contributed by atoms with E-state index in [1.54, 1.807) is 37.7 Å². The molecule has 1 amide bonds. The van der Waals surface area contributed by atoms with Crippen LogP contribution in [-0.2, 0) is 11.8 Å². The summed E-state index contributed by atoms with van der Waals surface area (Å²) in [5, 5.41) is 7.41. The fraction of sp³-hybridized carbons (Fsp3) is 0.421. The van der Waals surface area contributed by atoms with Gasteiger partial charge in [0, 0.05) is 31.5 Å². The second-order valence-corrected chi connectivity index (χ2v) is 7.07. The molecule has 6 nitrogen and oxygen atoms in total. The summed E-state index contributed by atoms with van der Waals surface area (Å²) in [5.74, 6) is -1.28. The number of nitrogens with zero attached hydrogens (tertiary/aromatic N) is 3. The summed E-state index contributed by atoms with van der Waals surface area (Å²) in [6.45, 7) is 5.47. The first kappa shape index (κ1) is 18.5. The quantitative estimate of drug-likeness (QED) is 0.657. The molecule has 1 aliphatic heterocycles. The number of nitrogens with one attached hydrogen (secondary N) is 1. The lowest BCUT2D eigenvalue weighted by Gasteiger charge is -2.29. The van der Waals surface area contributed by atoms with Gasteiger partial charge < -0.3 is 10.2 Å². The third-order valence-corrected chi connectivity index (χ3v) is 5.15. The van der Waals surface area contributed by atoms with Gasteiger partial charge in [0.2, 0.25) is 0 Å². The zero-order valence-electron chi connectivity index (χ0n) is 15.3. The predicted molar refractivity (Wildman–Crippen MR) is 103 cm³/mol. The monoisotopic (exact) mass is 374 g/mol. The fourth-order valence-electron chi connectivity index (χ4n) is 3.38. The van der Waals surface area contributed by atoms with Crippen LogP contribution in [0.4, 0.5) is 11.4 Å². The number of piperidine rings is 1. The summed E-state index contributed by atoms with van der Waals surface area (Å²) in [4.78, 5) is 27.1. The molecule has 3 rings (SSSR count). The Morgan fingerprint density at radius 1 is 1.15 bits per heavy atom. The third kappa shape index (κ3) is 3.60. The first-order valence-corrected chi connectivity index (χ1v) is 9.16. The first-order chi connectivity index (χ1) is 12.4. The zero-order valence-corrected chi connectivity index (χ0v) is 16.1. The highest BCUT2D eigenvalue weighted by atomic mass is 35.5. The minimum Gasteiger partial charge on any atom is -0.370 e. The Kier molecular flexibility index (Phi) is 5.32. The SMILES string of the molecule is Cc1nn(C)c(C)c1C(=O)C(=O)Nc1ccc(N2CCCCC2)c(Cl)c1. The van der Waals surface area contributed by atoms with E-state index in [4.69, 9.17) is 11.6 Å². The van der Waals surface area contributed by atoms with Crippen LogP contribution in [0.15, 0.2) is 18.2 Å². The topological polar surface area (TPSA) is 67.2 Å². The van der Waals surface area contributed by atoms with Crippen molar-refractivity contribution in [2.75, 3.05) is 23.3 Å². The molecule has 1 aliphatic rings. The van der Waals surface area contributed by atoms with Crippen molar-refractivity contribution >= 4 is 34.7 Å². The molecule has 0 atom stereocenters. The van der Waals surface area contributed by atoms with E-state index in [1.807, 2.05) is 6.07 Å². The number of halogens is 1. The summed E-state index contributed by atoms with van der Waals surface area (Å²) in [7, 11) is 1.75. The molecular formula is C19H23ClN4O2. The average molecular weight is 375 g/mol. The van der Waals surface area contributed by atoms with Crippen molar-refractivity contribution in [1.29, 1.82) is 0 Å². The molecular weight excluding hydrogens is 352 g/mol. The number of anilines is 2. The number of aryl methyl sites for hydroxylation is 2. The molecule has 2 heterocycles. The highest BCUT2D eigenvalue weighted by Crippen LogP contribution is 2.31. The molecule has 2 aromatic rings. The molecule has 0 radical (unpaired) electrons. The van der Waals surface area contributed by atoms with Crippen LogP contribution in [0.3, 0.4) is 0 Å². The van der Waals surface area contributed by atoms with E-state index in [9.17, 15) is 9.59 Å². The lowest BCUT2D eigenvalue weighted by atomic mass is 10.1. The summed E-state index contributed by atoms with van der Waals surface area (Å²) >= 11 is 6.41. The van der Waals surface area contributed by atoms with Gasteiger partial charge in [0.25, 0.3) is 11.7 Å². The van der Waals surface area contributed by atoms with E-state index >= 15 is 0 Å². The van der Waals surface area contributed by atoms with Crippen LogP contribution in [0, 0.1) is 13.8 Å². The number of Topliss-reactive ketones (excluding diaryl/α,β-unsaturated/α-hetero) is 1. The number of rotatable bonds is 4. The van der Waals surface area contributed by atoms with Gasteiger partial charge in [0.1, 0.15) is 0 Å². The van der Waals surface area contributed by atoms with Gasteiger partial charge >= 0.3 is 0 Å². The highest BCUT2D eigenvalue weighted by molar-refractivity contribution is 6.47. The number of benzene rings is 1. The van der Waals surface area contributed by atoms with E-state index in [2.05, 4.69) is 15.3 Å². The number of amides is 1. The van der Waals surface area contributed by atoms with Gasteiger partial charge in [-0.2, -0.15) is 5.10 Å². The standard InChI is InChI=1S/C19H23ClN4O2/c1-12-17(13(2)23(3)22-12)18(25)19(26)21-14-7-8-16(15(20)11-14)24-9-5-4-6-10-24/h7-8,11H,4-6,9-10H2,1-3H3,(H,21,26). The van der Waals surface area contributed by atoms with Crippen LogP contribution in [-0.4, -0.2) is 34.6 Å². The Morgan fingerprint density at radius 2 is 1.85 bits per heavy atom. The van der Waals surface area contributed by atoms with E-state index in [0.717, 1.165) is 31.6 Å². The molecule has 0 aliphatic carbocycles. The van der Waals surface area contributed by atoms with Gasteiger partial charge in [-0.15, -0.1) is 0 Å². The number of aromatic nitrogens is 2. The second kappa shape index (κ2) is 7.50. The molecule has 0 spiro atoms. The van der Waals surface area contributed by atoms with Crippen molar-refractivity contribution in [2.24, 2.45) is 7.05 Å². The van der Waals surface area contributed by atoms with E-state index in [1.165, 1.54) is 6.42 Å². The minimum atomic E-state index is -0.689. The fourth-order valence-corrected chi connectivity index (χ4v) is 3.68. The van der Waals surface area contributed by atoms with Crippen molar-refractivity contribution in [3.63, 3.8) is 0 Å². The Bertz CT molecular complexity index is 853. The zero-order chi connectivity index (χ0) is 18.8. The van der Waals surface area contributed by atoms with Crippen LogP contribution in [0.1, 0.15) is 41.0 Å². The number of carbonyl (C=O) groups excluding carboxylic acids is 2. The maximum absolute atomic E-state index is 12.5. The van der Waals surface area contributed by atoms with Crippen LogP contribution in [0.25, 0.3) is 0 Å². The Morgan fingerprint density at radius 3 is 2.42 bits per heavy atom. The predicted octanol–water partition coefficient (Wildman–Crippen LogP) is 3.50. The Balaban J connectivity index is 1.75. The van der Waals surface area contributed by atoms with E-state index in [-0.39, 0.29) is 0 Å². The molecule has 1 aromatic carbocycles. The maximum Gasteiger partial charge on any atom is 0.296 e. The van der Waals surface area contributed by atoms with Gasteiger partial charge in [-0.05, 0) is 51.3 Å². The minimum absolute atomic E-state index is 0.348. The third-order valence-electron chi connectivity index (χ3n) is 4.84. The number of hydrogen-bond donors (Lipinski definition) is 1. The normalized spacial score (nSPS) is 14.4. The van der Waals surface area contributed by atoms with Gasteiger partial charge in [0.05, 0.1) is 22.0 Å². The van der Waals surface area contributed by atoms with Crippen LogP contribution in [0.5, 0.6) is 0 Å². The highest BCUT2D eigenvalue weighted by Gasteiger charge is 2.24. The van der Waals surface area contributed by atoms with Crippen LogP contribution < -0.4 is 10.2 Å². The molecule has 26 heavy (non-hydrogen) atoms. The first-order valence-electron chi connectivity index (χ1n) is 8.79. The van der Waals surface area contributed by atoms with Crippen LogP contribution in [0.2, 0.25) is 5.02 Å². The number of carbonyl (C=O) groups is 2. The van der Waals surface area contributed by atoms with Crippen LogP contribution >= 0.6 is 11.6 Å². The average Bonchev–Trinajstić information content (AvgIpc) is 2.87. The molecule has 138 valence electrons. The van der Waals surface area contributed by atoms with Crippen molar-refractivity contribution in [2.45, 2.75) is 33.1 Å². The van der Waals surface area contributed by atoms with Gasteiger partial charge in [0.15, 0.2) is 0 Å². The largest absolute Gasteiger partial charge is 0.370 e. The van der Waals surface area contributed by atoms with Gasteiger partial charge in [-0.3, -0.25) is 14.3 Å². The number of hydrogen-bond acceptors (Lipinski definition) is 4. The van der Waals surface area contributed by atoms with Crippen molar-refractivity contribution in [3.05, 3.63) is 40.2 Å². The lowest BCUT2D eigenvalue weighted by molar-refractivity contribution is -0.112. The van der Waals surface area contributed by atoms with E-state index in [0.29, 0.717) is 27.7 Å². The Hall–Kier alpha value is -2.34. The second-order valence-electron chi connectivity index (χ2n) is 6.67. The molecule has 7 heteroatoms. The van der Waals surface area contributed by atoms with Gasteiger partial charge in [-0.25, -0.2) is 0 Å². The number of ketones is 1. The maximum atomic E-state index is 12.5. The van der Waals surface area contributed by atoms with Crippen molar-refractivity contribution in [3.8, 4) is 0 Å². The van der Waals surface area contributed by atoms with Crippen molar-refractivity contribution in [1.82, 2.24) is 9.78 Å².